The van der Waals surface area contributed by atoms with Crippen LogP contribution in [0.4, 0.5) is 0 Å². The number of hydrogen-bond donors (Lipinski definition) is 2. The average Bonchev–Trinajstić information content (AvgIpc) is 3.55. The number of aromatic nitrogens is 1. The fraction of sp³-hybridized carbons (Fsp3) is 0.360. The first-order valence-corrected chi connectivity index (χ1v) is 11.1. The number of methoxy groups -OCH3 is 1. The van der Waals surface area contributed by atoms with Crippen LogP contribution in [-0.2, 0) is 6.54 Å². The standard InChI is InChI=1S/C25H31N5O2/c1-26-25(27-17-20-16-24(32-29-20)19-10-4-3-5-11-19)28-18-22(30-14-8-9-15-30)21-12-6-7-13-23(21)31-2/h3-7,10-13,16,22H,8-9,14-15,17-18H2,1-2H3,(H2,26,27,28). The number of likely N-dealkylation sites (tertiary alicyclic amines) is 1. The maximum atomic E-state index is 5.64. The van der Waals surface area contributed by atoms with Crippen molar-refractivity contribution in [2.45, 2.75) is 25.4 Å². The van der Waals surface area contributed by atoms with E-state index in [9.17, 15) is 0 Å². The molecule has 7 nitrogen and oxygen atoms in total. The average molecular weight is 434 g/mol. The Hall–Kier alpha value is -3.32. The smallest absolute Gasteiger partial charge is 0.191 e. The molecule has 7 heteroatoms. The summed E-state index contributed by atoms with van der Waals surface area (Å²) in [4.78, 5) is 6.90. The second-order valence-corrected chi connectivity index (χ2v) is 7.86. The van der Waals surface area contributed by atoms with Gasteiger partial charge in [-0.1, -0.05) is 53.7 Å². The van der Waals surface area contributed by atoms with Crippen LogP contribution in [0, 0.1) is 0 Å². The topological polar surface area (TPSA) is 74.9 Å². The maximum absolute atomic E-state index is 5.64. The lowest BCUT2D eigenvalue weighted by Crippen LogP contribution is -2.42. The monoisotopic (exact) mass is 433 g/mol. The molecular formula is C25H31N5O2. The van der Waals surface area contributed by atoms with Crippen LogP contribution in [0.1, 0.15) is 30.1 Å². The Labute approximate surface area is 189 Å². The van der Waals surface area contributed by atoms with E-state index in [1.165, 1.54) is 18.4 Å². The van der Waals surface area contributed by atoms with E-state index in [4.69, 9.17) is 9.26 Å². The molecule has 0 spiro atoms. The van der Waals surface area contributed by atoms with Gasteiger partial charge >= 0.3 is 0 Å². The number of rotatable bonds is 8. The van der Waals surface area contributed by atoms with E-state index in [1.807, 2.05) is 48.5 Å². The molecule has 1 fully saturated rings. The Morgan fingerprint density at radius 3 is 2.59 bits per heavy atom. The summed E-state index contributed by atoms with van der Waals surface area (Å²) in [6.07, 6.45) is 2.46. The summed E-state index contributed by atoms with van der Waals surface area (Å²) in [5.74, 6) is 2.41. The molecule has 0 aliphatic carbocycles. The second kappa shape index (κ2) is 10.8. The van der Waals surface area contributed by atoms with Crippen LogP contribution < -0.4 is 15.4 Å². The van der Waals surface area contributed by atoms with Gasteiger partial charge in [-0.2, -0.15) is 0 Å². The summed E-state index contributed by atoms with van der Waals surface area (Å²) in [5, 5.41) is 11.0. The van der Waals surface area contributed by atoms with Gasteiger partial charge < -0.3 is 19.9 Å². The fourth-order valence-corrected chi connectivity index (χ4v) is 4.15. The Morgan fingerprint density at radius 2 is 1.84 bits per heavy atom. The highest BCUT2D eigenvalue weighted by atomic mass is 16.5. The van der Waals surface area contributed by atoms with Crippen molar-refractivity contribution in [2.24, 2.45) is 4.99 Å². The highest BCUT2D eigenvalue weighted by molar-refractivity contribution is 5.79. The highest BCUT2D eigenvalue weighted by Crippen LogP contribution is 2.31. The van der Waals surface area contributed by atoms with Crippen LogP contribution in [0.25, 0.3) is 11.3 Å². The van der Waals surface area contributed by atoms with E-state index in [1.54, 1.807) is 14.2 Å². The third-order valence-corrected chi connectivity index (χ3v) is 5.82. The van der Waals surface area contributed by atoms with Crippen LogP contribution in [0.5, 0.6) is 5.75 Å². The zero-order chi connectivity index (χ0) is 22.2. The van der Waals surface area contributed by atoms with Crippen molar-refractivity contribution in [3.05, 3.63) is 71.9 Å². The minimum atomic E-state index is 0.212. The summed E-state index contributed by atoms with van der Waals surface area (Å²) in [6, 6.07) is 20.4. The Bertz CT molecular complexity index is 1010. The van der Waals surface area contributed by atoms with Gasteiger partial charge in [0.05, 0.1) is 19.7 Å². The van der Waals surface area contributed by atoms with Crippen molar-refractivity contribution in [1.29, 1.82) is 0 Å². The molecule has 1 atom stereocenters. The van der Waals surface area contributed by atoms with Crippen LogP contribution in [-0.4, -0.2) is 49.8 Å². The zero-order valence-corrected chi connectivity index (χ0v) is 18.8. The van der Waals surface area contributed by atoms with E-state index in [0.717, 1.165) is 48.4 Å². The number of nitrogens with zero attached hydrogens (tertiary/aromatic N) is 3. The molecule has 2 N–H and O–H groups in total. The van der Waals surface area contributed by atoms with Crippen molar-refractivity contribution in [2.75, 3.05) is 33.8 Å². The fourth-order valence-electron chi connectivity index (χ4n) is 4.15. The normalized spacial score (nSPS) is 15.5. The second-order valence-electron chi connectivity index (χ2n) is 7.86. The predicted molar refractivity (Wildman–Crippen MR) is 127 cm³/mol. The number of ether oxygens (including phenoxy) is 1. The zero-order valence-electron chi connectivity index (χ0n) is 18.8. The number of hydrogen-bond acceptors (Lipinski definition) is 5. The van der Waals surface area contributed by atoms with Crippen molar-refractivity contribution in [1.82, 2.24) is 20.7 Å². The Balaban J connectivity index is 1.38. The van der Waals surface area contributed by atoms with Gasteiger partial charge in [0, 0.05) is 30.8 Å². The summed E-state index contributed by atoms with van der Waals surface area (Å²) in [5.41, 5.74) is 3.04. The molecule has 1 unspecified atom stereocenters. The first-order chi connectivity index (χ1) is 15.8. The summed E-state index contributed by atoms with van der Waals surface area (Å²) in [6.45, 7) is 3.45. The van der Waals surface area contributed by atoms with Crippen LogP contribution in [0.3, 0.4) is 0 Å². The lowest BCUT2D eigenvalue weighted by atomic mass is 10.0. The van der Waals surface area contributed by atoms with Crippen molar-refractivity contribution in [3.63, 3.8) is 0 Å². The SMILES string of the molecule is CN=C(NCc1cc(-c2ccccc2)on1)NCC(c1ccccc1OC)N1CCCC1. The van der Waals surface area contributed by atoms with Gasteiger partial charge in [-0.3, -0.25) is 9.89 Å². The lowest BCUT2D eigenvalue weighted by molar-refractivity contribution is 0.239. The maximum Gasteiger partial charge on any atom is 0.191 e. The molecule has 2 heterocycles. The molecule has 168 valence electrons. The molecule has 32 heavy (non-hydrogen) atoms. The molecule has 1 saturated heterocycles. The van der Waals surface area contributed by atoms with Gasteiger partial charge in [-0.25, -0.2) is 0 Å². The number of aliphatic imine (C=N–C) groups is 1. The number of nitrogens with one attached hydrogen (secondary N) is 2. The van der Waals surface area contributed by atoms with Crippen LogP contribution in [0.2, 0.25) is 0 Å². The Kier molecular flexibility index (Phi) is 7.40. The van der Waals surface area contributed by atoms with Crippen LogP contribution >= 0.6 is 0 Å². The number of benzene rings is 2. The molecule has 1 aliphatic rings. The molecule has 0 amide bonds. The lowest BCUT2D eigenvalue weighted by Gasteiger charge is -2.30. The van der Waals surface area contributed by atoms with Crippen molar-refractivity contribution < 1.29 is 9.26 Å². The van der Waals surface area contributed by atoms with E-state index in [2.05, 4.69) is 37.8 Å². The molecule has 4 rings (SSSR count). The molecule has 0 saturated carbocycles. The largest absolute Gasteiger partial charge is 0.496 e. The third kappa shape index (κ3) is 5.29. The molecule has 1 aromatic heterocycles. The quantitative estimate of drug-likeness (QED) is 0.415. The molecule has 1 aliphatic heterocycles. The van der Waals surface area contributed by atoms with Gasteiger partial charge in [-0.05, 0) is 32.0 Å². The van der Waals surface area contributed by atoms with Crippen molar-refractivity contribution in [3.8, 4) is 17.1 Å². The summed E-state index contributed by atoms with van der Waals surface area (Å²) < 4.78 is 11.1. The molecular weight excluding hydrogens is 402 g/mol. The molecule has 3 aromatic rings. The first-order valence-electron chi connectivity index (χ1n) is 11.1. The van der Waals surface area contributed by atoms with E-state index in [0.29, 0.717) is 6.54 Å². The highest BCUT2D eigenvalue weighted by Gasteiger charge is 2.26. The minimum Gasteiger partial charge on any atom is -0.496 e. The minimum absolute atomic E-state index is 0.212. The van der Waals surface area contributed by atoms with Gasteiger partial charge in [0.1, 0.15) is 11.4 Å². The third-order valence-electron chi connectivity index (χ3n) is 5.82. The van der Waals surface area contributed by atoms with E-state index < -0.39 is 0 Å². The molecule has 2 aromatic carbocycles. The van der Waals surface area contributed by atoms with Crippen LogP contribution in [0.15, 0.2) is 70.2 Å². The van der Waals surface area contributed by atoms with E-state index in [-0.39, 0.29) is 6.04 Å². The summed E-state index contributed by atoms with van der Waals surface area (Å²) in [7, 11) is 3.51. The van der Waals surface area contributed by atoms with Gasteiger partial charge in [-0.15, -0.1) is 0 Å². The molecule has 0 bridgehead atoms. The summed E-state index contributed by atoms with van der Waals surface area (Å²) >= 11 is 0. The van der Waals surface area contributed by atoms with Gasteiger partial charge in [0.15, 0.2) is 11.7 Å². The number of guanidine groups is 1. The first kappa shape index (κ1) is 21.9. The predicted octanol–water partition coefficient (Wildman–Crippen LogP) is 3.85. The Morgan fingerprint density at radius 1 is 1.09 bits per heavy atom. The number of para-hydroxylation sites is 1. The van der Waals surface area contributed by atoms with Gasteiger partial charge in [0.2, 0.25) is 0 Å². The molecule has 0 radical (unpaired) electrons. The van der Waals surface area contributed by atoms with Crippen molar-refractivity contribution >= 4 is 5.96 Å². The van der Waals surface area contributed by atoms with E-state index >= 15 is 0 Å². The van der Waals surface area contributed by atoms with Gasteiger partial charge in [0.25, 0.3) is 0 Å².